The molecule has 107 heavy (non-hydrogen) atoms. The van der Waals surface area contributed by atoms with Gasteiger partial charge in [0, 0.05) is 88.4 Å². The summed E-state index contributed by atoms with van der Waals surface area (Å²) in [6, 6.07) is -3.00. The van der Waals surface area contributed by atoms with Crippen molar-refractivity contribution < 1.29 is 84.2 Å². The summed E-state index contributed by atoms with van der Waals surface area (Å²) in [6.45, 7) is 5.49. The van der Waals surface area contributed by atoms with Crippen molar-refractivity contribution in [2.24, 2.45) is 11.8 Å². The fraction of sp³-hybridized carbons (Fsp3) is 0.636. The third kappa shape index (κ3) is 19.9. The van der Waals surface area contributed by atoms with Crippen LogP contribution in [0.1, 0.15) is 159 Å². The van der Waals surface area contributed by atoms with Crippen LogP contribution >= 0.6 is 0 Å². The van der Waals surface area contributed by atoms with Crippen LogP contribution in [0.2, 0.25) is 0 Å². The van der Waals surface area contributed by atoms with Gasteiger partial charge in [0.25, 0.3) is 0 Å². The Bertz CT molecular complexity index is 3640. The van der Waals surface area contributed by atoms with Crippen molar-refractivity contribution in [1.82, 2.24) is 60.0 Å². The average Bonchev–Trinajstić information content (AvgIpc) is 1.70. The van der Waals surface area contributed by atoms with Gasteiger partial charge in [0.1, 0.15) is 71.1 Å². The van der Waals surface area contributed by atoms with Crippen LogP contribution < -0.4 is 16.0 Å². The van der Waals surface area contributed by atoms with Crippen LogP contribution in [0.4, 0.5) is 22.0 Å². The average molecular weight is 1500 g/mol. The summed E-state index contributed by atoms with van der Waals surface area (Å²) in [5.74, 6) is -13.8. The van der Waals surface area contributed by atoms with E-state index in [-0.39, 0.29) is 76.8 Å². The summed E-state index contributed by atoms with van der Waals surface area (Å²) in [4.78, 5) is 193. The Morgan fingerprint density at radius 2 is 1.31 bits per heavy atom. The highest BCUT2D eigenvalue weighted by molar-refractivity contribution is 6.01. The molecule has 11 rings (SSSR count). The van der Waals surface area contributed by atoms with Crippen LogP contribution in [0, 0.1) is 23.5 Å². The zero-order valence-electron chi connectivity index (χ0n) is 63.5. The van der Waals surface area contributed by atoms with Crippen LogP contribution in [0.25, 0.3) is 6.08 Å². The number of carbonyl (C=O) groups is 12. The van der Waals surface area contributed by atoms with E-state index in [1.165, 1.54) is 78.7 Å². The van der Waals surface area contributed by atoms with Gasteiger partial charge in [-0.05, 0) is 132 Å². The Morgan fingerprint density at radius 1 is 0.664 bits per heavy atom. The van der Waals surface area contributed by atoms with Gasteiger partial charge in [-0.25, -0.2) is 8.78 Å². The Hall–Kier alpha value is -8.83. The number of carbonyl (C=O) groups excluding carboxylic acids is 12. The molecule has 2 saturated carbocycles. The maximum Gasteiger partial charge on any atom is 0.422 e. The summed E-state index contributed by atoms with van der Waals surface area (Å²) in [7, 11) is 9.81. The summed E-state index contributed by atoms with van der Waals surface area (Å²) >= 11 is 0. The Kier molecular flexibility index (Phi) is 28.9. The van der Waals surface area contributed by atoms with E-state index in [1.807, 2.05) is 31.2 Å². The fourth-order valence-corrected chi connectivity index (χ4v) is 15.5. The number of ether oxygens (including phenoxy) is 1. The van der Waals surface area contributed by atoms with E-state index in [4.69, 9.17) is 4.74 Å². The topological polar surface area (TPSA) is 279 Å². The van der Waals surface area contributed by atoms with Gasteiger partial charge in [0.15, 0.2) is 0 Å². The first-order valence-corrected chi connectivity index (χ1v) is 37.6. The number of hydrogen-bond donors (Lipinski definition) is 3. The van der Waals surface area contributed by atoms with E-state index >= 15 is 47.1 Å². The third-order valence-electron chi connectivity index (χ3n) is 22.5. The highest BCUT2D eigenvalue weighted by Gasteiger charge is 2.54. The first-order valence-electron chi connectivity index (χ1n) is 37.6. The quantitative estimate of drug-likeness (QED) is 0.192. The van der Waals surface area contributed by atoms with E-state index < -0.39 is 198 Å². The highest BCUT2D eigenvalue weighted by Crippen LogP contribution is 2.39. The van der Waals surface area contributed by atoms with E-state index in [1.54, 1.807) is 45.1 Å². The fourth-order valence-electron chi connectivity index (χ4n) is 15.5. The molecular weight excluding hydrogens is 1400 g/mol. The number of benzene rings is 2. The zero-order chi connectivity index (χ0) is 78.5. The van der Waals surface area contributed by atoms with Gasteiger partial charge in [-0.2, -0.15) is 13.2 Å². The minimum atomic E-state index is -5.42. The minimum absolute atomic E-state index is 0.0330. The number of aryl methyl sites for hydroxylation is 1. The number of rotatable bonds is 10. The molecule has 1 spiro atoms. The summed E-state index contributed by atoms with van der Waals surface area (Å²) in [5, 5.41) is 8.52. The van der Waals surface area contributed by atoms with Gasteiger partial charge in [-0.3, -0.25) is 57.5 Å². The van der Waals surface area contributed by atoms with E-state index in [0.717, 1.165) is 20.3 Å². The predicted octanol–water partition coefficient (Wildman–Crippen LogP) is 5.65. The lowest BCUT2D eigenvalue weighted by molar-refractivity contribution is -0.158. The molecule has 30 heteroatoms. The van der Waals surface area contributed by atoms with Crippen LogP contribution in [-0.2, 0) is 81.3 Å². The lowest BCUT2D eigenvalue weighted by Gasteiger charge is -2.46. The number of alkyl halides is 3. The lowest BCUT2D eigenvalue weighted by Crippen LogP contribution is -2.68. The van der Waals surface area contributed by atoms with Crippen molar-refractivity contribution in [1.29, 1.82) is 0 Å². The summed E-state index contributed by atoms with van der Waals surface area (Å²) in [6.07, 6.45) is 4.10. The van der Waals surface area contributed by atoms with Crippen molar-refractivity contribution in [2.45, 2.75) is 216 Å². The van der Waals surface area contributed by atoms with E-state index in [2.05, 4.69) is 16.0 Å². The van der Waals surface area contributed by atoms with Gasteiger partial charge in [0.2, 0.25) is 70.9 Å². The van der Waals surface area contributed by atoms with Gasteiger partial charge in [0.05, 0.1) is 25.6 Å². The lowest BCUT2D eigenvalue weighted by atomic mass is 9.74. The molecule has 3 N–H and O–H groups in total. The second-order valence-electron chi connectivity index (χ2n) is 29.7. The van der Waals surface area contributed by atoms with E-state index in [9.17, 15) is 32.3 Å². The molecular formula is C77H107F5N12O13. The van der Waals surface area contributed by atoms with Gasteiger partial charge in [-0.1, -0.05) is 88.1 Å². The van der Waals surface area contributed by atoms with Crippen LogP contribution in [0.5, 0.6) is 0 Å². The van der Waals surface area contributed by atoms with E-state index in [0.29, 0.717) is 75.5 Å². The second-order valence-corrected chi connectivity index (χ2v) is 29.7. The van der Waals surface area contributed by atoms with Crippen LogP contribution in [0.15, 0.2) is 54.6 Å². The largest absolute Gasteiger partial charge is 0.422 e. The molecule has 6 bridgehead atoms. The van der Waals surface area contributed by atoms with Crippen molar-refractivity contribution in [3.63, 3.8) is 0 Å². The number of amides is 12. The molecule has 0 radical (unpaired) electrons. The molecule has 2 saturated heterocycles. The number of nitrogens with zero attached hydrogens (tertiary/aromatic N) is 9. The number of nitrogens with one attached hydrogen (secondary N) is 3. The van der Waals surface area contributed by atoms with Crippen molar-refractivity contribution in [2.75, 3.05) is 88.7 Å². The molecule has 0 aromatic heterocycles. The Morgan fingerprint density at radius 3 is 1.93 bits per heavy atom. The van der Waals surface area contributed by atoms with Gasteiger partial charge < -0.3 is 64.8 Å². The molecule has 4 fully saturated rings. The first-order chi connectivity index (χ1) is 50.7. The molecule has 12 amide bonds. The summed E-state index contributed by atoms with van der Waals surface area (Å²) < 4.78 is 78.1. The maximum absolute atomic E-state index is 15.7. The molecule has 2 aliphatic carbocycles. The normalized spacial score (nSPS) is 27.1. The van der Waals surface area contributed by atoms with Crippen LogP contribution in [0.3, 0.4) is 0 Å². The number of allylic oxidation sites excluding steroid dienone is 1. The molecule has 2 aromatic carbocycles. The summed E-state index contributed by atoms with van der Waals surface area (Å²) in [5.41, 5.74) is -2.83. The molecule has 588 valence electrons. The molecule has 9 aliphatic rings. The molecule has 10 atom stereocenters. The maximum atomic E-state index is 15.7. The Labute approximate surface area is 623 Å². The third-order valence-corrected chi connectivity index (χ3v) is 22.5. The number of hydrogen-bond acceptors (Lipinski definition) is 13. The standard InChI is InChI=1S/C77H107F5N12O13/c1-12-47(4)65-73(104)88(7)46-63(97)90(9)57-29-20-17-23-38-93(72(57)103)60-41-49-32-30-48(31-33-49)25-18-15-16-19-28-56(67(98)84-65)89(8)62(96)43-59(70(101)86(5)13-2)91(10)74(105)66(51-26-21-22-27-51)92(11)75(106)76(36-24-37-76)85-68(99)58-42-52(107-14-3)44-94(58)69(100)55(83-61(95)45-87(6)71(60)102)35-34-50-39-53(78)64(54(79)40-50)77(80,81)82/h17-18,20,25,30-33,39-40,47,51-52,55-60,65-66H,12-16,19,21-24,26-29,34-38,41-46H2,1-11H3,(H,83,95)(H,84,98)(H,85,99)/b20-17-,25-18+/t47-,52+,55-,56-,57-,58-,59-,60-,65-,66-/m0/s1. The van der Waals surface area contributed by atoms with Crippen LogP contribution in [-0.4, -0.2) is 264 Å². The molecule has 7 aliphatic heterocycles. The second kappa shape index (κ2) is 36.8. The van der Waals surface area contributed by atoms with Crippen molar-refractivity contribution in [3.8, 4) is 0 Å². The van der Waals surface area contributed by atoms with Crippen molar-refractivity contribution >= 4 is 77.0 Å². The monoisotopic (exact) mass is 1500 g/mol. The minimum Gasteiger partial charge on any atom is -0.377 e. The molecule has 25 nitrogen and oxygen atoms in total. The first kappa shape index (κ1) is 83.8. The molecule has 7 heterocycles. The number of halogens is 5. The van der Waals surface area contributed by atoms with Crippen molar-refractivity contribution in [3.05, 3.63) is 88.5 Å². The predicted molar refractivity (Wildman–Crippen MR) is 386 cm³/mol. The SMILES string of the molecule is CCO[C@@H]1C[C@H]2C(=O)NC3(CCC3)C(=O)N(C)[C@@H](C3CCCC3)C(=O)N(C)[C@H](C(=O)N(C)CC)CC(=O)N(C)[C@H]3CCCC/C=C/c4ccc(cc4)C[C@@H](C(=O)N(C)CC(=O)N[C@@H](CCc4cc(F)c(C(F)(F)F)c(F)c4)C(=O)N2C1)N1CC/C=C\C[C@@H](C1=O)N(C)C(=O)CN(C)C(=O)[C@H]([C@@H](C)CC)NC3=O. The molecule has 0 unspecified atom stereocenters. The Balaban J connectivity index is 1.27. The number of likely N-dealkylation sites (N-methyl/N-ethyl adjacent to an activating group) is 7. The smallest absolute Gasteiger partial charge is 0.377 e. The van der Waals surface area contributed by atoms with Gasteiger partial charge in [-0.15, -0.1) is 0 Å². The highest BCUT2D eigenvalue weighted by atomic mass is 19.4. The molecule has 2 aromatic rings. The van der Waals surface area contributed by atoms with Gasteiger partial charge >= 0.3 is 6.18 Å². The zero-order valence-corrected chi connectivity index (χ0v) is 63.5.